The van der Waals surface area contributed by atoms with E-state index in [4.69, 9.17) is 9.97 Å². The number of nitrogens with zero attached hydrogens (tertiary/aromatic N) is 3. The lowest BCUT2D eigenvalue weighted by Crippen LogP contribution is -2.33. The van der Waals surface area contributed by atoms with Crippen molar-refractivity contribution >= 4 is 61.2 Å². The fraction of sp³-hybridized carbons (Fsp3) is 0.250. The predicted molar refractivity (Wildman–Crippen MR) is 114 cm³/mol. The molecule has 2 heterocycles. The van der Waals surface area contributed by atoms with Crippen molar-refractivity contribution in [3.8, 4) is 0 Å². The number of carbonyl (C=O) groups excluding carboxylic acids is 1. The molecule has 1 amide bonds. The van der Waals surface area contributed by atoms with Crippen molar-refractivity contribution in [1.82, 2.24) is 19.7 Å². The summed E-state index contributed by atoms with van der Waals surface area (Å²) in [5.74, 6) is 0.339. The van der Waals surface area contributed by atoms with E-state index in [-0.39, 0.29) is 11.9 Å². The number of amides is 1. The number of para-hydroxylation sites is 2. The van der Waals surface area contributed by atoms with E-state index in [1.807, 2.05) is 53.8 Å². The highest BCUT2D eigenvalue weighted by atomic mass is 79.9. The number of benzene rings is 2. The third-order valence-corrected chi connectivity index (χ3v) is 5.95. The van der Waals surface area contributed by atoms with Crippen LogP contribution in [-0.2, 0) is 4.79 Å². The quantitative estimate of drug-likeness (QED) is 0.356. The molecule has 4 rings (SSSR count). The topological polar surface area (TPSA) is 59.3 Å². The Morgan fingerprint density at radius 1 is 1.22 bits per heavy atom. The number of nitrogens with one attached hydrogen (secondary N) is 1. The Morgan fingerprint density at radius 2 is 2.04 bits per heavy atom. The van der Waals surface area contributed by atoms with Crippen LogP contribution in [0.2, 0.25) is 0 Å². The van der Waals surface area contributed by atoms with Gasteiger partial charge in [-0.15, -0.1) is 0 Å². The van der Waals surface area contributed by atoms with Crippen LogP contribution < -0.4 is 5.32 Å². The SMILES string of the molecule is CC[C@H](C)NC(=O)CSc1nc2ccc(Br)cc2c2nc3ccccc3n12. The molecule has 27 heavy (non-hydrogen) atoms. The molecule has 0 aliphatic heterocycles. The van der Waals surface area contributed by atoms with Crippen LogP contribution in [0.1, 0.15) is 20.3 Å². The Kier molecular flexibility index (Phi) is 5.06. The molecule has 0 saturated heterocycles. The summed E-state index contributed by atoms with van der Waals surface area (Å²) in [4.78, 5) is 21.9. The summed E-state index contributed by atoms with van der Waals surface area (Å²) < 4.78 is 3.03. The van der Waals surface area contributed by atoms with Crippen molar-refractivity contribution in [2.24, 2.45) is 0 Å². The minimum atomic E-state index is 0.0182. The minimum absolute atomic E-state index is 0.0182. The smallest absolute Gasteiger partial charge is 0.230 e. The molecule has 0 unspecified atom stereocenters. The molecule has 4 aromatic rings. The second-order valence-electron chi connectivity index (χ2n) is 6.48. The molecule has 0 fully saturated rings. The lowest BCUT2D eigenvalue weighted by molar-refractivity contribution is -0.119. The van der Waals surface area contributed by atoms with Gasteiger partial charge in [0.25, 0.3) is 0 Å². The first-order valence-corrected chi connectivity index (χ1v) is 10.6. The van der Waals surface area contributed by atoms with E-state index in [0.717, 1.165) is 43.6 Å². The van der Waals surface area contributed by atoms with Crippen molar-refractivity contribution in [2.75, 3.05) is 5.75 Å². The van der Waals surface area contributed by atoms with Crippen LogP contribution in [0.15, 0.2) is 52.1 Å². The first-order chi connectivity index (χ1) is 13.1. The summed E-state index contributed by atoms with van der Waals surface area (Å²) in [7, 11) is 0. The summed E-state index contributed by atoms with van der Waals surface area (Å²) in [6, 6.07) is 14.2. The zero-order valence-electron chi connectivity index (χ0n) is 15.1. The van der Waals surface area contributed by atoms with Gasteiger partial charge in [0.1, 0.15) is 5.65 Å². The Bertz CT molecular complexity index is 1160. The van der Waals surface area contributed by atoms with Gasteiger partial charge in [-0.3, -0.25) is 9.20 Å². The number of carbonyl (C=O) groups is 1. The van der Waals surface area contributed by atoms with Gasteiger partial charge < -0.3 is 5.32 Å². The summed E-state index contributed by atoms with van der Waals surface area (Å²) in [5.41, 5.74) is 3.63. The van der Waals surface area contributed by atoms with Crippen LogP contribution >= 0.6 is 27.7 Å². The molecule has 0 bridgehead atoms. The van der Waals surface area contributed by atoms with Gasteiger partial charge in [-0.2, -0.15) is 0 Å². The number of imidazole rings is 1. The molecule has 0 spiro atoms. The largest absolute Gasteiger partial charge is 0.353 e. The van der Waals surface area contributed by atoms with E-state index in [9.17, 15) is 4.79 Å². The summed E-state index contributed by atoms with van der Waals surface area (Å²) in [5, 5.41) is 4.76. The van der Waals surface area contributed by atoms with Crippen molar-refractivity contribution in [2.45, 2.75) is 31.5 Å². The third kappa shape index (κ3) is 3.53. The van der Waals surface area contributed by atoms with Gasteiger partial charge in [0.2, 0.25) is 5.91 Å². The number of halogens is 1. The first kappa shape index (κ1) is 18.3. The second-order valence-corrected chi connectivity index (χ2v) is 8.34. The highest BCUT2D eigenvalue weighted by Crippen LogP contribution is 2.30. The van der Waals surface area contributed by atoms with Crippen LogP contribution in [0.25, 0.3) is 27.6 Å². The number of rotatable bonds is 5. The van der Waals surface area contributed by atoms with E-state index < -0.39 is 0 Å². The zero-order chi connectivity index (χ0) is 19.0. The molecule has 0 aliphatic rings. The average molecular weight is 443 g/mol. The van der Waals surface area contributed by atoms with Gasteiger partial charge in [-0.25, -0.2) is 9.97 Å². The first-order valence-electron chi connectivity index (χ1n) is 8.85. The molecule has 0 saturated carbocycles. The van der Waals surface area contributed by atoms with Crippen LogP contribution in [0, 0.1) is 0 Å². The van der Waals surface area contributed by atoms with E-state index in [1.165, 1.54) is 11.8 Å². The van der Waals surface area contributed by atoms with Gasteiger partial charge in [0.15, 0.2) is 5.16 Å². The van der Waals surface area contributed by atoms with Gasteiger partial charge in [0, 0.05) is 15.9 Å². The summed E-state index contributed by atoms with van der Waals surface area (Å²) in [6.07, 6.45) is 0.913. The number of hydrogen-bond donors (Lipinski definition) is 1. The third-order valence-electron chi connectivity index (χ3n) is 4.52. The lowest BCUT2D eigenvalue weighted by atomic mass is 10.2. The van der Waals surface area contributed by atoms with Gasteiger partial charge in [-0.1, -0.05) is 46.7 Å². The van der Waals surface area contributed by atoms with Crippen LogP contribution in [-0.4, -0.2) is 32.1 Å². The molecule has 7 heteroatoms. The van der Waals surface area contributed by atoms with Crippen molar-refractivity contribution < 1.29 is 4.79 Å². The number of fused-ring (bicyclic) bond motifs is 5. The Labute approximate surface area is 169 Å². The van der Waals surface area contributed by atoms with E-state index in [0.29, 0.717) is 5.75 Å². The fourth-order valence-electron chi connectivity index (χ4n) is 2.98. The number of thioether (sulfide) groups is 1. The molecule has 0 aliphatic carbocycles. The maximum atomic E-state index is 12.2. The Hall–Kier alpha value is -2.12. The molecule has 2 aromatic carbocycles. The molecule has 1 atom stereocenters. The van der Waals surface area contributed by atoms with Crippen molar-refractivity contribution in [3.05, 3.63) is 46.9 Å². The van der Waals surface area contributed by atoms with Gasteiger partial charge >= 0.3 is 0 Å². The Morgan fingerprint density at radius 3 is 2.85 bits per heavy atom. The minimum Gasteiger partial charge on any atom is -0.353 e. The zero-order valence-corrected chi connectivity index (χ0v) is 17.5. The molecule has 5 nitrogen and oxygen atoms in total. The molecule has 138 valence electrons. The monoisotopic (exact) mass is 442 g/mol. The van der Waals surface area contributed by atoms with Crippen molar-refractivity contribution in [3.63, 3.8) is 0 Å². The highest BCUT2D eigenvalue weighted by Gasteiger charge is 2.16. The Balaban J connectivity index is 1.83. The molecule has 1 N–H and O–H groups in total. The standard InChI is InChI=1S/C20H19BrN4OS/c1-3-12(2)22-18(26)11-27-20-24-15-9-8-13(21)10-14(15)19-23-16-6-4-5-7-17(16)25(19)20/h4-10,12H,3,11H2,1-2H3,(H,22,26)/t12-/m0/s1. The number of hydrogen-bond acceptors (Lipinski definition) is 4. The average Bonchev–Trinajstić information content (AvgIpc) is 3.06. The van der Waals surface area contributed by atoms with Crippen LogP contribution in [0.3, 0.4) is 0 Å². The number of aromatic nitrogens is 3. The maximum absolute atomic E-state index is 12.2. The lowest BCUT2D eigenvalue weighted by Gasteiger charge is -2.12. The van der Waals surface area contributed by atoms with Gasteiger partial charge in [0.05, 0.1) is 22.3 Å². The predicted octanol–water partition coefficient (Wildman–Crippen LogP) is 4.81. The van der Waals surface area contributed by atoms with E-state index in [2.05, 4.69) is 28.2 Å². The fourth-order valence-corrected chi connectivity index (χ4v) is 4.17. The maximum Gasteiger partial charge on any atom is 0.230 e. The second kappa shape index (κ2) is 7.48. The summed E-state index contributed by atoms with van der Waals surface area (Å²) >= 11 is 4.97. The molecular weight excluding hydrogens is 424 g/mol. The van der Waals surface area contributed by atoms with Crippen LogP contribution in [0.4, 0.5) is 0 Å². The normalized spacial score (nSPS) is 12.7. The molecular formula is C20H19BrN4OS. The van der Waals surface area contributed by atoms with Crippen LogP contribution in [0.5, 0.6) is 0 Å². The molecule has 0 radical (unpaired) electrons. The summed E-state index contributed by atoms with van der Waals surface area (Å²) in [6.45, 7) is 4.07. The molecule has 2 aromatic heterocycles. The van der Waals surface area contributed by atoms with Gasteiger partial charge in [-0.05, 0) is 43.7 Å². The van der Waals surface area contributed by atoms with E-state index in [1.54, 1.807) is 0 Å². The van der Waals surface area contributed by atoms with Crippen molar-refractivity contribution in [1.29, 1.82) is 0 Å². The highest BCUT2D eigenvalue weighted by molar-refractivity contribution is 9.10. The van der Waals surface area contributed by atoms with E-state index >= 15 is 0 Å².